The maximum atomic E-state index is 12.2. The van der Waals surface area contributed by atoms with Crippen molar-refractivity contribution >= 4 is 33.2 Å². The normalized spacial score (nSPS) is 24.4. The fourth-order valence-electron chi connectivity index (χ4n) is 2.42. The van der Waals surface area contributed by atoms with Crippen LogP contribution in [0.3, 0.4) is 0 Å². The van der Waals surface area contributed by atoms with Crippen molar-refractivity contribution in [3.8, 4) is 6.07 Å². The second-order valence-electron chi connectivity index (χ2n) is 5.08. The predicted molar refractivity (Wildman–Crippen MR) is 75.9 cm³/mol. The van der Waals surface area contributed by atoms with Crippen molar-refractivity contribution in [1.29, 1.82) is 5.26 Å². The zero-order chi connectivity index (χ0) is 14.9. The summed E-state index contributed by atoms with van der Waals surface area (Å²) in [5.41, 5.74) is -0.613. The summed E-state index contributed by atoms with van der Waals surface area (Å²) in [6.07, 6.45) is 1.08. The Balaban J connectivity index is 2.17. The minimum absolute atomic E-state index is 0.0675. The summed E-state index contributed by atoms with van der Waals surface area (Å²) in [6, 6.07) is 6.16. The second-order valence-corrected chi connectivity index (χ2v) is 5.94. The number of anilines is 1. The summed E-state index contributed by atoms with van der Waals surface area (Å²) in [4.78, 5) is 22.3. The van der Waals surface area contributed by atoms with Crippen LogP contribution in [-0.4, -0.2) is 10.8 Å². The summed E-state index contributed by atoms with van der Waals surface area (Å²) < 4.78 is 0.417. The molecule has 0 atom stereocenters. The van der Waals surface area contributed by atoms with Gasteiger partial charge in [-0.05, 0) is 40.8 Å². The molecule has 6 nitrogen and oxygen atoms in total. The van der Waals surface area contributed by atoms with Crippen LogP contribution in [0.5, 0.6) is 0 Å². The number of carbonyl (C=O) groups excluding carboxylic acids is 1. The molecule has 0 heterocycles. The molecule has 0 spiro atoms. The lowest BCUT2D eigenvalue weighted by Gasteiger charge is -2.39. The number of nitrogens with one attached hydrogen (secondary N) is 1. The highest BCUT2D eigenvalue weighted by Crippen LogP contribution is 2.46. The molecule has 1 amide bonds. The van der Waals surface area contributed by atoms with E-state index in [9.17, 15) is 20.2 Å². The molecule has 104 valence electrons. The van der Waals surface area contributed by atoms with Crippen LogP contribution in [-0.2, 0) is 4.79 Å². The van der Waals surface area contributed by atoms with Crippen LogP contribution in [0, 0.1) is 32.8 Å². The first-order chi connectivity index (χ1) is 9.38. The number of nitrogens with zero attached hydrogens (tertiary/aromatic N) is 2. The van der Waals surface area contributed by atoms with Gasteiger partial charge in [0.15, 0.2) is 0 Å². The molecule has 0 radical (unpaired) electrons. The Hall–Kier alpha value is -1.94. The monoisotopic (exact) mass is 337 g/mol. The number of rotatable bonds is 3. The Labute approximate surface area is 124 Å². The van der Waals surface area contributed by atoms with E-state index in [1.807, 2.05) is 6.92 Å². The van der Waals surface area contributed by atoms with Crippen molar-refractivity contribution in [2.45, 2.75) is 19.8 Å². The lowest BCUT2D eigenvalue weighted by molar-refractivity contribution is -0.384. The van der Waals surface area contributed by atoms with E-state index in [0.717, 1.165) is 0 Å². The van der Waals surface area contributed by atoms with E-state index < -0.39 is 10.3 Å². The second kappa shape index (κ2) is 5.21. The Morgan fingerprint density at radius 2 is 2.25 bits per heavy atom. The first kappa shape index (κ1) is 14.5. The number of amides is 1. The average Bonchev–Trinajstić information content (AvgIpc) is 2.36. The maximum Gasteiger partial charge on any atom is 0.270 e. The van der Waals surface area contributed by atoms with E-state index in [0.29, 0.717) is 28.9 Å². The highest BCUT2D eigenvalue weighted by atomic mass is 79.9. The van der Waals surface area contributed by atoms with Crippen LogP contribution in [0.4, 0.5) is 11.4 Å². The molecule has 1 N–H and O–H groups in total. The van der Waals surface area contributed by atoms with Crippen LogP contribution in [0.1, 0.15) is 19.8 Å². The van der Waals surface area contributed by atoms with E-state index in [-0.39, 0.29) is 11.6 Å². The van der Waals surface area contributed by atoms with Gasteiger partial charge in [-0.1, -0.05) is 6.92 Å². The lowest BCUT2D eigenvalue weighted by Crippen LogP contribution is -2.45. The average molecular weight is 338 g/mol. The number of hydrogen-bond donors (Lipinski definition) is 1. The maximum absolute atomic E-state index is 12.2. The molecular weight excluding hydrogens is 326 g/mol. The summed E-state index contributed by atoms with van der Waals surface area (Å²) in [6.45, 7) is 1.99. The van der Waals surface area contributed by atoms with Crippen molar-refractivity contribution < 1.29 is 9.72 Å². The van der Waals surface area contributed by atoms with E-state index in [2.05, 4.69) is 27.3 Å². The molecule has 0 saturated heterocycles. The molecule has 1 aromatic rings. The molecule has 7 heteroatoms. The van der Waals surface area contributed by atoms with Crippen LogP contribution >= 0.6 is 15.9 Å². The number of benzene rings is 1. The van der Waals surface area contributed by atoms with Crippen molar-refractivity contribution in [2.24, 2.45) is 11.3 Å². The molecule has 2 rings (SSSR count). The summed E-state index contributed by atoms with van der Waals surface area (Å²) >= 11 is 3.18. The van der Waals surface area contributed by atoms with E-state index >= 15 is 0 Å². The SMILES string of the molecule is CC1CC(C#N)(C(=O)Nc2ccc([N+](=O)[O-])cc2Br)C1. The third-order valence-electron chi connectivity index (χ3n) is 3.45. The van der Waals surface area contributed by atoms with Crippen molar-refractivity contribution in [3.63, 3.8) is 0 Å². The van der Waals surface area contributed by atoms with E-state index in [1.54, 1.807) is 0 Å². The first-order valence-electron chi connectivity index (χ1n) is 6.04. The van der Waals surface area contributed by atoms with Gasteiger partial charge in [-0.25, -0.2) is 0 Å². The van der Waals surface area contributed by atoms with Crippen molar-refractivity contribution in [3.05, 3.63) is 32.8 Å². The first-order valence-corrected chi connectivity index (χ1v) is 6.84. The van der Waals surface area contributed by atoms with Gasteiger partial charge < -0.3 is 5.32 Å². The number of nitro groups is 1. The smallest absolute Gasteiger partial charge is 0.270 e. The van der Waals surface area contributed by atoms with Gasteiger partial charge in [0.25, 0.3) is 5.69 Å². The highest BCUT2D eigenvalue weighted by molar-refractivity contribution is 9.10. The van der Waals surface area contributed by atoms with Gasteiger partial charge in [-0.15, -0.1) is 0 Å². The fourth-order valence-corrected chi connectivity index (χ4v) is 2.88. The van der Waals surface area contributed by atoms with E-state index in [4.69, 9.17) is 0 Å². The summed E-state index contributed by atoms with van der Waals surface area (Å²) in [7, 11) is 0. The number of nitriles is 1. The molecule has 1 aliphatic rings. The third-order valence-corrected chi connectivity index (χ3v) is 4.11. The van der Waals surface area contributed by atoms with Crippen molar-refractivity contribution in [2.75, 3.05) is 5.32 Å². The van der Waals surface area contributed by atoms with Gasteiger partial charge in [0, 0.05) is 16.6 Å². The van der Waals surface area contributed by atoms with Crippen molar-refractivity contribution in [1.82, 2.24) is 0 Å². The van der Waals surface area contributed by atoms with Gasteiger partial charge in [0.05, 0.1) is 16.7 Å². The molecule has 0 bridgehead atoms. The Morgan fingerprint density at radius 1 is 1.60 bits per heavy atom. The molecule has 1 aliphatic carbocycles. The highest BCUT2D eigenvalue weighted by Gasteiger charge is 2.49. The Morgan fingerprint density at radius 3 is 2.70 bits per heavy atom. The predicted octanol–water partition coefficient (Wildman–Crippen LogP) is 3.24. The minimum atomic E-state index is -0.972. The minimum Gasteiger partial charge on any atom is -0.324 e. The number of halogens is 1. The van der Waals surface area contributed by atoms with Gasteiger partial charge in [0.1, 0.15) is 5.41 Å². The molecule has 1 fully saturated rings. The molecular formula is C13H12BrN3O3. The van der Waals surface area contributed by atoms with E-state index in [1.165, 1.54) is 18.2 Å². The fraction of sp³-hybridized carbons (Fsp3) is 0.385. The third kappa shape index (κ3) is 2.51. The zero-order valence-corrected chi connectivity index (χ0v) is 12.3. The Bertz CT molecular complexity index is 618. The zero-order valence-electron chi connectivity index (χ0n) is 10.7. The number of nitro benzene ring substituents is 1. The molecule has 0 aliphatic heterocycles. The molecule has 1 saturated carbocycles. The summed E-state index contributed by atoms with van der Waals surface area (Å²) in [5.74, 6) is 0.00774. The van der Waals surface area contributed by atoms with Crippen LogP contribution in [0.2, 0.25) is 0 Å². The quantitative estimate of drug-likeness (QED) is 0.676. The Kier molecular flexibility index (Phi) is 3.77. The topological polar surface area (TPSA) is 96.0 Å². The largest absolute Gasteiger partial charge is 0.324 e. The van der Waals surface area contributed by atoms with Crippen LogP contribution < -0.4 is 5.32 Å². The molecule has 0 aromatic heterocycles. The molecule has 0 unspecified atom stereocenters. The summed E-state index contributed by atoms with van der Waals surface area (Å²) in [5, 5.41) is 22.5. The van der Waals surface area contributed by atoms with Gasteiger partial charge in [-0.3, -0.25) is 14.9 Å². The van der Waals surface area contributed by atoms with Gasteiger partial charge in [-0.2, -0.15) is 5.26 Å². The van der Waals surface area contributed by atoms with Gasteiger partial charge in [0.2, 0.25) is 5.91 Å². The number of hydrogen-bond acceptors (Lipinski definition) is 4. The van der Waals surface area contributed by atoms with Gasteiger partial charge >= 0.3 is 0 Å². The molecule has 20 heavy (non-hydrogen) atoms. The number of non-ortho nitro benzene ring substituents is 1. The molecule has 1 aromatic carbocycles. The lowest BCUT2D eigenvalue weighted by atomic mass is 9.63. The van der Waals surface area contributed by atoms with Crippen LogP contribution in [0.25, 0.3) is 0 Å². The standard InChI is InChI=1S/C13H12BrN3O3/c1-8-5-13(6-8,7-15)12(18)16-11-3-2-9(17(19)20)4-10(11)14/h2-4,8H,5-6H2,1H3,(H,16,18). The van der Waals surface area contributed by atoms with Crippen LogP contribution in [0.15, 0.2) is 22.7 Å². The number of carbonyl (C=O) groups is 1.